The fraction of sp³-hybridized carbons (Fsp3) is 0.462. The number of hydrogen-bond acceptors (Lipinski definition) is 2. The van der Waals surface area contributed by atoms with Crippen LogP contribution < -0.4 is 5.32 Å². The summed E-state index contributed by atoms with van der Waals surface area (Å²) in [6, 6.07) is 7.52. The van der Waals surface area contributed by atoms with Gasteiger partial charge in [-0.25, -0.2) is 0 Å². The molecule has 17 heavy (non-hydrogen) atoms. The van der Waals surface area contributed by atoms with Crippen LogP contribution in [0, 0.1) is 0 Å². The number of rotatable bonds is 2. The maximum Gasteiger partial charge on any atom is 0.236 e. The van der Waals surface area contributed by atoms with Crippen molar-refractivity contribution in [2.45, 2.75) is 36.7 Å². The summed E-state index contributed by atoms with van der Waals surface area (Å²) >= 11 is 3.32. The molecule has 3 nitrogen and oxygen atoms in total. The van der Waals surface area contributed by atoms with Crippen molar-refractivity contribution in [3.05, 3.63) is 35.4 Å². The van der Waals surface area contributed by atoms with Gasteiger partial charge in [-0.2, -0.15) is 0 Å². The standard InChI is InChI=1S/C13H16BrNO2/c1-13(2,14)12(17)15-11-9-6-4-3-5-8(9)7-10(11)16/h3-6,10-11,16H,7H2,1-2H3,(H,15,17)/t10-,11+/m1/s1. The molecule has 1 aliphatic carbocycles. The summed E-state index contributed by atoms with van der Waals surface area (Å²) in [6.45, 7) is 3.57. The minimum absolute atomic E-state index is 0.113. The smallest absolute Gasteiger partial charge is 0.236 e. The van der Waals surface area contributed by atoms with Gasteiger partial charge in [0.25, 0.3) is 0 Å². The maximum absolute atomic E-state index is 11.9. The molecule has 0 aliphatic heterocycles. The van der Waals surface area contributed by atoms with Gasteiger partial charge in [-0.1, -0.05) is 40.2 Å². The molecular weight excluding hydrogens is 282 g/mol. The Kier molecular flexibility index (Phi) is 3.27. The van der Waals surface area contributed by atoms with Gasteiger partial charge in [-0.15, -0.1) is 0 Å². The largest absolute Gasteiger partial charge is 0.390 e. The average molecular weight is 298 g/mol. The van der Waals surface area contributed by atoms with E-state index in [1.54, 1.807) is 13.8 Å². The molecule has 2 N–H and O–H groups in total. The van der Waals surface area contributed by atoms with Gasteiger partial charge in [0.1, 0.15) is 0 Å². The Morgan fingerprint density at radius 2 is 2.12 bits per heavy atom. The molecule has 2 atom stereocenters. The van der Waals surface area contributed by atoms with E-state index in [1.807, 2.05) is 24.3 Å². The van der Waals surface area contributed by atoms with Crippen LogP contribution in [0.1, 0.15) is 31.0 Å². The fourth-order valence-electron chi connectivity index (χ4n) is 2.06. The molecule has 1 aromatic rings. The molecule has 2 rings (SSSR count). The van der Waals surface area contributed by atoms with Gasteiger partial charge in [0.05, 0.1) is 16.5 Å². The van der Waals surface area contributed by atoms with Crippen molar-refractivity contribution >= 4 is 21.8 Å². The number of carbonyl (C=O) groups excluding carboxylic acids is 1. The number of amides is 1. The highest BCUT2D eigenvalue weighted by molar-refractivity contribution is 9.10. The highest BCUT2D eigenvalue weighted by Gasteiger charge is 2.34. The lowest BCUT2D eigenvalue weighted by atomic mass is 10.1. The molecule has 1 amide bonds. The SMILES string of the molecule is CC(C)(Br)C(=O)N[C@H]1c2ccccc2C[C@H]1O. The van der Waals surface area contributed by atoms with Gasteiger partial charge in [0.15, 0.2) is 0 Å². The molecular formula is C13H16BrNO2. The van der Waals surface area contributed by atoms with Crippen LogP contribution in [-0.4, -0.2) is 21.4 Å². The lowest BCUT2D eigenvalue weighted by molar-refractivity contribution is -0.124. The molecule has 4 heteroatoms. The Bertz CT molecular complexity index is 439. The van der Waals surface area contributed by atoms with Crippen LogP contribution in [0.25, 0.3) is 0 Å². The summed E-state index contributed by atoms with van der Waals surface area (Å²) in [4.78, 5) is 11.9. The molecule has 0 unspecified atom stereocenters. The van der Waals surface area contributed by atoms with Gasteiger partial charge in [-0.05, 0) is 25.0 Å². The van der Waals surface area contributed by atoms with E-state index in [0.717, 1.165) is 11.1 Å². The predicted octanol–water partition coefficient (Wildman–Crippen LogP) is 1.93. The van der Waals surface area contributed by atoms with E-state index in [1.165, 1.54) is 0 Å². The van der Waals surface area contributed by atoms with Crippen molar-refractivity contribution in [2.75, 3.05) is 0 Å². The Morgan fingerprint density at radius 1 is 1.47 bits per heavy atom. The van der Waals surface area contributed by atoms with E-state index in [-0.39, 0.29) is 11.9 Å². The average Bonchev–Trinajstić information content (AvgIpc) is 2.54. The number of fused-ring (bicyclic) bond motifs is 1. The molecule has 1 aromatic carbocycles. The Hall–Kier alpha value is -0.870. The van der Waals surface area contributed by atoms with Crippen molar-refractivity contribution in [1.29, 1.82) is 0 Å². The van der Waals surface area contributed by atoms with Gasteiger partial charge in [-0.3, -0.25) is 4.79 Å². The van der Waals surface area contributed by atoms with E-state index in [9.17, 15) is 9.90 Å². The van der Waals surface area contributed by atoms with Crippen LogP contribution in [0.3, 0.4) is 0 Å². The van der Waals surface area contributed by atoms with Gasteiger partial charge < -0.3 is 10.4 Å². The number of carbonyl (C=O) groups is 1. The molecule has 92 valence electrons. The summed E-state index contributed by atoms with van der Waals surface area (Å²) in [5, 5.41) is 12.9. The summed E-state index contributed by atoms with van der Waals surface area (Å²) in [5.74, 6) is -0.113. The summed E-state index contributed by atoms with van der Waals surface area (Å²) in [6.07, 6.45) is 0.0651. The lowest BCUT2D eigenvalue weighted by Gasteiger charge is -2.23. The molecule has 0 saturated carbocycles. The van der Waals surface area contributed by atoms with Crippen LogP contribution >= 0.6 is 15.9 Å². The maximum atomic E-state index is 11.9. The first-order valence-electron chi connectivity index (χ1n) is 5.65. The number of alkyl halides is 1. The third kappa shape index (κ3) is 2.53. The van der Waals surface area contributed by atoms with Crippen LogP contribution in [0.2, 0.25) is 0 Å². The minimum atomic E-state index is -0.621. The zero-order valence-electron chi connectivity index (χ0n) is 9.90. The molecule has 1 aliphatic rings. The Balaban J connectivity index is 2.20. The van der Waals surface area contributed by atoms with Crippen LogP contribution in [0.4, 0.5) is 0 Å². The van der Waals surface area contributed by atoms with Crippen LogP contribution in [0.5, 0.6) is 0 Å². The zero-order valence-corrected chi connectivity index (χ0v) is 11.5. The number of aliphatic hydroxyl groups is 1. The van der Waals surface area contributed by atoms with Gasteiger partial charge >= 0.3 is 0 Å². The number of nitrogens with one attached hydrogen (secondary N) is 1. The first kappa shape index (κ1) is 12.6. The van der Waals surface area contributed by atoms with E-state index in [2.05, 4.69) is 21.2 Å². The quantitative estimate of drug-likeness (QED) is 0.820. The van der Waals surface area contributed by atoms with Crippen molar-refractivity contribution in [3.8, 4) is 0 Å². The van der Waals surface area contributed by atoms with Crippen molar-refractivity contribution < 1.29 is 9.90 Å². The molecule has 0 bridgehead atoms. The summed E-state index contributed by atoms with van der Waals surface area (Å²) in [5.41, 5.74) is 2.13. The molecule has 0 aromatic heterocycles. The highest BCUT2D eigenvalue weighted by Crippen LogP contribution is 2.32. The monoisotopic (exact) mass is 297 g/mol. The number of halogens is 1. The van der Waals surface area contributed by atoms with E-state index >= 15 is 0 Å². The lowest BCUT2D eigenvalue weighted by Crippen LogP contribution is -2.42. The topological polar surface area (TPSA) is 49.3 Å². The van der Waals surface area contributed by atoms with Gasteiger partial charge in [0.2, 0.25) is 5.91 Å². The third-order valence-electron chi connectivity index (χ3n) is 3.03. The zero-order chi connectivity index (χ0) is 12.6. The van der Waals surface area contributed by atoms with Crippen LogP contribution in [0.15, 0.2) is 24.3 Å². The highest BCUT2D eigenvalue weighted by atomic mass is 79.9. The first-order valence-corrected chi connectivity index (χ1v) is 6.44. The molecule has 0 radical (unpaired) electrons. The number of aliphatic hydroxyl groups excluding tert-OH is 1. The van der Waals surface area contributed by atoms with E-state index in [4.69, 9.17) is 0 Å². The number of hydrogen-bond donors (Lipinski definition) is 2. The summed E-state index contributed by atoms with van der Waals surface area (Å²) < 4.78 is -0.621. The van der Waals surface area contributed by atoms with Gasteiger partial charge in [0, 0.05) is 6.42 Å². The third-order valence-corrected chi connectivity index (χ3v) is 3.39. The minimum Gasteiger partial charge on any atom is -0.390 e. The van der Waals surface area contributed by atoms with E-state index < -0.39 is 10.4 Å². The molecule has 0 heterocycles. The molecule has 0 spiro atoms. The van der Waals surface area contributed by atoms with Crippen molar-refractivity contribution in [3.63, 3.8) is 0 Å². The Morgan fingerprint density at radius 3 is 2.76 bits per heavy atom. The molecule has 0 saturated heterocycles. The normalized spacial score (nSPS) is 23.3. The van der Waals surface area contributed by atoms with Crippen molar-refractivity contribution in [1.82, 2.24) is 5.32 Å². The summed E-state index contributed by atoms with van der Waals surface area (Å²) in [7, 11) is 0. The fourth-order valence-corrected chi connectivity index (χ4v) is 2.18. The van der Waals surface area contributed by atoms with E-state index in [0.29, 0.717) is 6.42 Å². The second kappa shape index (κ2) is 4.42. The van der Waals surface area contributed by atoms with Crippen molar-refractivity contribution in [2.24, 2.45) is 0 Å². The Labute approximate surface area is 109 Å². The second-order valence-electron chi connectivity index (χ2n) is 4.89. The molecule has 0 fully saturated rings. The first-order chi connectivity index (χ1) is 7.89. The number of benzene rings is 1. The predicted molar refractivity (Wildman–Crippen MR) is 70.0 cm³/mol. The second-order valence-corrected chi connectivity index (χ2v) is 6.88. The van der Waals surface area contributed by atoms with Crippen LogP contribution in [-0.2, 0) is 11.2 Å².